The van der Waals surface area contributed by atoms with Crippen molar-refractivity contribution in [1.29, 1.82) is 0 Å². The fraction of sp³-hybridized carbons (Fsp3) is 0.417. The number of hydrogen-bond donors (Lipinski definition) is 1. The van der Waals surface area contributed by atoms with Gasteiger partial charge < -0.3 is 10.3 Å². The van der Waals surface area contributed by atoms with Crippen molar-refractivity contribution in [3.8, 4) is 0 Å². The normalized spacial score (nSPS) is 17.8. The van der Waals surface area contributed by atoms with Gasteiger partial charge in [-0.1, -0.05) is 6.92 Å². The van der Waals surface area contributed by atoms with Gasteiger partial charge in [0.05, 0.1) is 23.1 Å². The molecule has 0 aromatic carbocycles. The number of amides is 2. The Morgan fingerprint density at radius 3 is 2.89 bits per heavy atom. The van der Waals surface area contributed by atoms with Gasteiger partial charge in [-0.05, 0) is 24.3 Å². The molecule has 0 unspecified atom stereocenters. The average Bonchev–Trinajstić information content (AvgIpc) is 2.91. The molecule has 102 valence electrons. The summed E-state index contributed by atoms with van der Waals surface area (Å²) in [6.45, 7) is 3.44. The second-order valence-corrected chi connectivity index (χ2v) is 5.13. The van der Waals surface area contributed by atoms with E-state index in [1.165, 1.54) is 4.90 Å². The van der Waals surface area contributed by atoms with Gasteiger partial charge >= 0.3 is 0 Å². The lowest BCUT2D eigenvalue weighted by molar-refractivity contribution is -0.122. The SMILES string of the molecule is CCCn1cncc1C=C1SC(=O)N(CCN)C1=O. The van der Waals surface area contributed by atoms with Crippen molar-refractivity contribution < 1.29 is 9.59 Å². The van der Waals surface area contributed by atoms with Crippen LogP contribution < -0.4 is 5.73 Å². The van der Waals surface area contributed by atoms with E-state index in [9.17, 15) is 9.59 Å². The zero-order chi connectivity index (χ0) is 13.8. The van der Waals surface area contributed by atoms with E-state index < -0.39 is 0 Å². The summed E-state index contributed by atoms with van der Waals surface area (Å²) in [6, 6.07) is 0. The summed E-state index contributed by atoms with van der Waals surface area (Å²) in [5.41, 5.74) is 6.22. The first-order valence-corrected chi connectivity index (χ1v) is 6.94. The number of imidazole rings is 1. The highest BCUT2D eigenvalue weighted by Gasteiger charge is 2.34. The number of hydrogen-bond acceptors (Lipinski definition) is 5. The lowest BCUT2D eigenvalue weighted by Gasteiger charge is -2.09. The fourth-order valence-electron chi connectivity index (χ4n) is 1.84. The maximum absolute atomic E-state index is 12.0. The minimum Gasteiger partial charge on any atom is -0.331 e. The van der Waals surface area contributed by atoms with Crippen molar-refractivity contribution in [3.63, 3.8) is 0 Å². The summed E-state index contributed by atoms with van der Waals surface area (Å²) in [7, 11) is 0. The lowest BCUT2D eigenvalue weighted by Crippen LogP contribution is -2.33. The number of imide groups is 1. The lowest BCUT2D eigenvalue weighted by atomic mass is 10.3. The molecule has 1 fully saturated rings. The summed E-state index contributed by atoms with van der Waals surface area (Å²) in [5.74, 6) is -0.273. The highest BCUT2D eigenvalue weighted by atomic mass is 32.2. The van der Waals surface area contributed by atoms with Gasteiger partial charge in [-0.3, -0.25) is 14.5 Å². The van der Waals surface area contributed by atoms with Crippen molar-refractivity contribution in [2.45, 2.75) is 19.9 Å². The Labute approximate surface area is 115 Å². The minimum atomic E-state index is -0.273. The Morgan fingerprint density at radius 1 is 1.42 bits per heavy atom. The number of carbonyl (C=O) groups excluding carboxylic acids is 2. The third-order valence-corrected chi connectivity index (χ3v) is 3.62. The summed E-state index contributed by atoms with van der Waals surface area (Å²) in [4.78, 5) is 29.4. The quantitative estimate of drug-likeness (QED) is 0.822. The number of nitrogens with two attached hydrogens (primary N) is 1. The van der Waals surface area contributed by atoms with Gasteiger partial charge in [0.25, 0.3) is 11.1 Å². The van der Waals surface area contributed by atoms with Crippen molar-refractivity contribution in [2.75, 3.05) is 13.1 Å². The molecule has 0 aliphatic carbocycles. The monoisotopic (exact) mass is 280 g/mol. The molecular weight excluding hydrogens is 264 g/mol. The molecule has 1 aliphatic heterocycles. The smallest absolute Gasteiger partial charge is 0.293 e. The summed E-state index contributed by atoms with van der Waals surface area (Å²) >= 11 is 0.949. The standard InChI is InChI=1S/C12H16N4O2S/c1-2-4-15-8-14-7-9(15)6-10-11(17)16(5-3-13)12(18)19-10/h6-8H,2-5,13H2,1H3. The number of aromatic nitrogens is 2. The summed E-state index contributed by atoms with van der Waals surface area (Å²) in [6.07, 6.45) is 6.10. The van der Waals surface area contributed by atoms with Crippen LogP contribution >= 0.6 is 11.8 Å². The molecule has 19 heavy (non-hydrogen) atoms. The molecule has 2 heterocycles. The van der Waals surface area contributed by atoms with E-state index >= 15 is 0 Å². The van der Waals surface area contributed by atoms with Crippen LogP contribution in [-0.2, 0) is 11.3 Å². The molecule has 0 bridgehead atoms. The van der Waals surface area contributed by atoms with Crippen molar-refractivity contribution in [1.82, 2.24) is 14.5 Å². The van der Waals surface area contributed by atoms with E-state index in [4.69, 9.17) is 5.73 Å². The molecule has 0 atom stereocenters. The Bertz CT molecular complexity index is 524. The number of carbonyl (C=O) groups is 2. The number of nitrogens with zero attached hydrogens (tertiary/aromatic N) is 3. The second-order valence-electron chi connectivity index (χ2n) is 4.13. The van der Waals surface area contributed by atoms with Crippen LogP contribution in [0.3, 0.4) is 0 Å². The maximum Gasteiger partial charge on any atom is 0.293 e. The first-order chi connectivity index (χ1) is 9.17. The molecule has 2 N–H and O–H groups in total. The maximum atomic E-state index is 12.0. The van der Waals surface area contributed by atoms with Gasteiger partial charge in [0.15, 0.2) is 0 Å². The van der Waals surface area contributed by atoms with Crippen LogP contribution in [0.15, 0.2) is 17.4 Å². The van der Waals surface area contributed by atoms with Crippen LogP contribution in [0.5, 0.6) is 0 Å². The Morgan fingerprint density at radius 2 is 2.21 bits per heavy atom. The average molecular weight is 280 g/mol. The van der Waals surface area contributed by atoms with Crippen LogP contribution in [0.25, 0.3) is 6.08 Å². The second kappa shape index (κ2) is 6.03. The highest BCUT2D eigenvalue weighted by molar-refractivity contribution is 8.18. The predicted molar refractivity (Wildman–Crippen MR) is 74.2 cm³/mol. The zero-order valence-electron chi connectivity index (χ0n) is 10.7. The number of thioether (sulfide) groups is 1. The predicted octanol–water partition coefficient (Wildman–Crippen LogP) is 1.29. The molecule has 0 spiro atoms. The fourth-order valence-corrected chi connectivity index (χ4v) is 2.68. The molecule has 1 saturated heterocycles. The molecule has 1 aliphatic rings. The van der Waals surface area contributed by atoms with E-state index in [1.807, 2.05) is 4.57 Å². The molecule has 1 aromatic heterocycles. The first kappa shape index (κ1) is 13.8. The van der Waals surface area contributed by atoms with Crippen LogP contribution in [-0.4, -0.2) is 38.7 Å². The van der Waals surface area contributed by atoms with Gasteiger partial charge in [-0.2, -0.15) is 0 Å². The molecule has 0 radical (unpaired) electrons. The van der Waals surface area contributed by atoms with E-state index in [0.717, 1.165) is 30.4 Å². The summed E-state index contributed by atoms with van der Waals surface area (Å²) < 4.78 is 1.96. The molecule has 2 amide bonds. The molecular formula is C12H16N4O2S. The summed E-state index contributed by atoms with van der Waals surface area (Å²) in [5, 5.41) is -0.261. The third-order valence-electron chi connectivity index (χ3n) is 2.71. The van der Waals surface area contributed by atoms with Gasteiger partial charge in [-0.25, -0.2) is 4.98 Å². The Hall–Kier alpha value is -1.60. The molecule has 6 nitrogen and oxygen atoms in total. The van der Waals surface area contributed by atoms with Gasteiger partial charge in [0.1, 0.15) is 0 Å². The molecule has 2 rings (SSSR count). The number of aryl methyl sites for hydroxylation is 1. The topological polar surface area (TPSA) is 81.2 Å². The Kier molecular flexibility index (Phi) is 4.39. The van der Waals surface area contributed by atoms with Gasteiger partial charge in [-0.15, -0.1) is 0 Å². The van der Waals surface area contributed by atoms with E-state index in [0.29, 0.717) is 4.91 Å². The zero-order valence-corrected chi connectivity index (χ0v) is 11.5. The van der Waals surface area contributed by atoms with Crippen LogP contribution in [0, 0.1) is 0 Å². The van der Waals surface area contributed by atoms with Crippen molar-refractivity contribution >= 4 is 29.0 Å². The highest BCUT2D eigenvalue weighted by Crippen LogP contribution is 2.31. The minimum absolute atomic E-state index is 0.260. The van der Waals surface area contributed by atoms with Crippen LogP contribution in [0.4, 0.5) is 4.79 Å². The van der Waals surface area contributed by atoms with E-state index in [-0.39, 0.29) is 24.2 Å². The molecule has 1 aromatic rings. The van der Waals surface area contributed by atoms with E-state index in [1.54, 1.807) is 18.6 Å². The van der Waals surface area contributed by atoms with Crippen molar-refractivity contribution in [3.05, 3.63) is 23.1 Å². The van der Waals surface area contributed by atoms with Crippen LogP contribution in [0.1, 0.15) is 19.0 Å². The van der Waals surface area contributed by atoms with E-state index in [2.05, 4.69) is 11.9 Å². The number of rotatable bonds is 5. The van der Waals surface area contributed by atoms with Crippen LogP contribution in [0.2, 0.25) is 0 Å². The molecule has 7 heteroatoms. The molecule has 0 saturated carbocycles. The van der Waals surface area contributed by atoms with Gasteiger partial charge in [0.2, 0.25) is 0 Å². The van der Waals surface area contributed by atoms with Gasteiger partial charge in [0, 0.05) is 19.6 Å². The third kappa shape index (κ3) is 2.87. The largest absolute Gasteiger partial charge is 0.331 e. The Balaban J connectivity index is 2.22. The first-order valence-electron chi connectivity index (χ1n) is 6.13. The van der Waals surface area contributed by atoms with Crippen molar-refractivity contribution in [2.24, 2.45) is 5.73 Å².